The minimum Gasteiger partial charge on any atom is -0.201 e. The Labute approximate surface area is 90.4 Å². The van der Waals surface area contributed by atoms with E-state index in [1.807, 2.05) is 0 Å². The van der Waals surface area contributed by atoms with Crippen molar-refractivity contribution >= 4 is 15.9 Å². The second kappa shape index (κ2) is 3.02. The summed E-state index contributed by atoms with van der Waals surface area (Å²) in [6, 6.07) is 6.41. The summed E-state index contributed by atoms with van der Waals surface area (Å²) in [5, 5.41) is 0. The van der Waals surface area contributed by atoms with Gasteiger partial charge < -0.3 is 0 Å². The third-order valence-electron chi connectivity index (χ3n) is 2.95. The van der Waals surface area contributed by atoms with Gasteiger partial charge >= 0.3 is 0 Å². The van der Waals surface area contributed by atoms with Crippen molar-refractivity contribution in [2.24, 2.45) is 5.41 Å². The van der Waals surface area contributed by atoms with Crippen LogP contribution in [0.4, 0.5) is 8.78 Å². The standard InChI is InChI=1S/C11H11BrF2/c1-10(5-6-10)11(13,14)8-3-2-4-9(12)7-8/h2-4,7H,5-6H2,1H3. The van der Waals surface area contributed by atoms with Crippen molar-refractivity contribution < 1.29 is 8.78 Å². The first-order chi connectivity index (χ1) is 6.46. The summed E-state index contributed by atoms with van der Waals surface area (Å²) in [5.41, 5.74) is -0.694. The van der Waals surface area contributed by atoms with Gasteiger partial charge in [-0.15, -0.1) is 0 Å². The summed E-state index contributed by atoms with van der Waals surface area (Å²) in [7, 11) is 0. The zero-order valence-corrected chi connectivity index (χ0v) is 9.44. The SMILES string of the molecule is CC1(C(F)(F)c2cccc(Br)c2)CC1. The molecule has 14 heavy (non-hydrogen) atoms. The van der Waals surface area contributed by atoms with Crippen molar-refractivity contribution in [2.75, 3.05) is 0 Å². The summed E-state index contributed by atoms with van der Waals surface area (Å²) in [6.07, 6.45) is 1.24. The number of hydrogen-bond donors (Lipinski definition) is 0. The van der Waals surface area contributed by atoms with Crippen LogP contribution in [-0.4, -0.2) is 0 Å². The predicted octanol–water partition coefficient (Wildman–Crippen LogP) is 4.34. The predicted molar refractivity (Wildman–Crippen MR) is 55.4 cm³/mol. The van der Waals surface area contributed by atoms with Crippen LogP contribution in [0.15, 0.2) is 28.7 Å². The first-order valence-corrected chi connectivity index (χ1v) is 5.39. The largest absolute Gasteiger partial charge is 0.278 e. The van der Waals surface area contributed by atoms with Gasteiger partial charge in [0.1, 0.15) is 0 Å². The molecule has 0 nitrogen and oxygen atoms in total. The van der Waals surface area contributed by atoms with Crippen LogP contribution < -0.4 is 0 Å². The highest BCUT2D eigenvalue weighted by molar-refractivity contribution is 9.10. The van der Waals surface area contributed by atoms with E-state index in [9.17, 15) is 8.78 Å². The molecular formula is C11H11BrF2. The number of alkyl halides is 2. The zero-order valence-electron chi connectivity index (χ0n) is 7.86. The molecule has 0 N–H and O–H groups in total. The molecule has 0 amide bonds. The van der Waals surface area contributed by atoms with E-state index < -0.39 is 11.3 Å². The molecule has 0 atom stereocenters. The molecule has 3 heteroatoms. The third-order valence-corrected chi connectivity index (χ3v) is 3.44. The molecule has 1 fully saturated rings. The lowest BCUT2D eigenvalue weighted by molar-refractivity contribution is -0.0724. The van der Waals surface area contributed by atoms with Gasteiger partial charge in [0.25, 0.3) is 5.92 Å². The average molecular weight is 261 g/mol. The van der Waals surface area contributed by atoms with E-state index >= 15 is 0 Å². The Morgan fingerprint density at radius 2 is 2.00 bits per heavy atom. The van der Waals surface area contributed by atoms with Gasteiger partial charge in [-0.05, 0) is 25.0 Å². The second-order valence-electron chi connectivity index (χ2n) is 4.15. The Bertz CT molecular complexity index is 356. The fourth-order valence-corrected chi connectivity index (χ4v) is 1.93. The van der Waals surface area contributed by atoms with Crippen molar-refractivity contribution in [1.82, 2.24) is 0 Å². The van der Waals surface area contributed by atoms with Gasteiger partial charge in [-0.1, -0.05) is 35.0 Å². The molecule has 1 aromatic carbocycles. The fourth-order valence-electron chi connectivity index (χ4n) is 1.53. The summed E-state index contributed by atoms with van der Waals surface area (Å²) in [6.45, 7) is 1.65. The molecule has 76 valence electrons. The zero-order chi connectivity index (χ0) is 10.4. The molecule has 0 aliphatic heterocycles. The number of rotatable bonds is 2. The summed E-state index contributed by atoms with van der Waals surface area (Å²) < 4.78 is 28.5. The maximum atomic E-state index is 13.9. The van der Waals surface area contributed by atoms with Crippen LogP contribution >= 0.6 is 15.9 Å². The molecule has 1 aromatic rings. The minimum absolute atomic E-state index is 0.117. The van der Waals surface area contributed by atoms with Crippen molar-refractivity contribution in [2.45, 2.75) is 25.7 Å². The monoisotopic (exact) mass is 260 g/mol. The molecule has 2 rings (SSSR count). The van der Waals surface area contributed by atoms with E-state index in [4.69, 9.17) is 0 Å². The molecule has 0 heterocycles. The third kappa shape index (κ3) is 1.48. The van der Waals surface area contributed by atoms with E-state index in [-0.39, 0.29) is 5.56 Å². The Morgan fingerprint density at radius 3 is 2.50 bits per heavy atom. The molecular weight excluding hydrogens is 250 g/mol. The molecule has 0 unspecified atom stereocenters. The van der Waals surface area contributed by atoms with Crippen molar-refractivity contribution in [1.29, 1.82) is 0 Å². The molecule has 0 radical (unpaired) electrons. The Morgan fingerprint density at radius 1 is 1.36 bits per heavy atom. The van der Waals surface area contributed by atoms with Crippen LogP contribution in [0.2, 0.25) is 0 Å². The highest BCUT2D eigenvalue weighted by atomic mass is 79.9. The molecule has 1 aliphatic carbocycles. The minimum atomic E-state index is -2.70. The molecule has 1 aliphatic rings. The number of benzene rings is 1. The van der Waals surface area contributed by atoms with Crippen LogP contribution in [0.1, 0.15) is 25.3 Å². The van der Waals surface area contributed by atoms with Crippen molar-refractivity contribution in [3.8, 4) is 0 Å². The first-order valence-electron chi connectivity index (χ1n) is 4.60. The summed E-state index contributed by atoms with van der Waals surface area (Å²) in [4.78, 5) is 0. The Balaban J connectivity index is 2.38. The van der Waals surface area contributed by atoms with Gasteiger partial charge in [0.05, 0.1) is 0 Å². The van der Waals surface area contributed by atoms with Crippen LogP contribution in [-0.2, 0) is 5.92 Å². The lowest BCUT2D eigenvalue weighted by atomic mass is 9.93. The van der Waals surface area contributed by atoms with Gasteiger partial charge in [0.15, 0.2) is 0 Å². The lowest BCUT2D eigenvalue weighted by Crippen LogP contribution is -2.24. The molecule has 0 saturated heterocycles. The van der Waals surface area contributed by atoms with Gasteiger partial charge in [0.2, 0.25) is 0 Å². The van der Waals surface area contributed by atoms with Gasteiger partial charge in [-0.2, -0.15) is 0 Å². The summed E-state index contributed by atoms with van der Waals surface area (Å²) in [5.74, 6) is -2.70. The van der Waals surface area contributed by atoms with Gasteiger partial charge in [-0.3, -0.25) is 0 Å². The highest BCUT2D eigenvalue weighted by Gasteiger charge is 2.58. The smallest absolute Gasteiger partial charge is 0.201 e. The first kappa shape index (κ1) is 10.1. The number of halogens is 3. The Kier molecular flexibility index (Phi) is 2.18. The van der Waals surface area contributed by atoms with Gasteiger partial charge in [0, 0.05) is 15.5 Å². The average Bonchev–Trinajstić information content (AvgIpc) is 2.85. The molecule has 0 bridgehead atoms. The Hall–Kier alpha value is -0.440. The molecule has 0 spiro atoms. The fraction of sp³-hybridized carbons (Fsp3) is 0.455. The molecule has 1 saturated carbocycles. The van der Waals surface area contributed by atoms with E-state index in [0.29, 0.717) is 17.3 Å². The van der Waals surface area contributed by atoms with E-state index in [2.05, 4.69) is 15.9 Å². The maximum Gasteiger partial charge on any atom is 0.278 e. The van der Waals surface area contributed by atoms with E-state index in [0.717, 1.165) is 0 Å². The normalized spacial score (nSPS) is 19.4. The van der Waals surface area contributed by atoms with Crippen LogP contribution in [0.25, 0.3) is 0 Å². The van der Waals surface area contributed by atoms with Gasteiger partial charge in [-0.25, -0.2) is 8.78 Å². The van der Waals surface area contributed by atoms with Crippen LogP contribution in [0.3, 0.4) is 0 Å². The highest BCUT2D eigenvalue weighted by Crippen LogP contribution is 2.60. The topological polar surface area (TPSA) is 0 Å². The van der Waals surface area contributed by atoms with Crippen LogP contribution in [0, 0.1) is 5.41 Å². The molecule has 0 aromatic heterocycles. The lowest BCUT2D eigenvalue weighted by Gasteiger charge is -2.23. The summed E-state index contributed by atoms with van der Waals surface area (Å²) >= 11 is 3.21. The maximum absolute atomic E-state index is 13.9. The van der Waals surface area contributed by atoms with Crippen molar-refractivity contribution in [3.05, 3.63) is 34.3 Å². The number of hydrogen-bond acceptors (Lipinski definition) is 0. The van der Waals surface area contributed by atoms with Crippen molar-refractivity contribution in [3.63, 3.8) is 0 Å². The second-order valence-corrected chi connectivity index (χ2v) is 5.06. The van der Waals surface area contributed by atoms with E-state index in [1.165, 1.54) is 12.1 Å². The quantitative estimate of drug-likeness (QED) is 0.742. The van der Waals surface area contributed by atoms with E-state index in [1.54, 1.807) is 19.1 Å². The van der Waals surface area contributed by atoms with Crippen LogP contribution in [0.5, 0.6) is 0 Å².